The normalized spacial score (nSPS) is 12.1. The molecule has 0 aliphatic carbocycles. The van der Waals surface area contributed by atoms with E-state index in [1.54, 1.807) is 25.4 Å². The van der Waals surface area contributed by atoms with Gasteiger partial charge in [0.05, 0.1) is 5.69 Å². The van der Waals surface area contributed by atoms with Crippen molar-refractivity contribution in [3.8, 4) is 17.0 Å². The highest BCUT2D eigenvalue weighted by Crippen LogP contribution is 2.32. The van der Waals surface area contributed by atoms with E-state index in [9.17, 15) is 4.39 Å². The standard InChI is InChI=1S/C16H14ClFN4O/c1-9(12-7-11(18)2-3-13(12)17)23-15-6-10(8-20-16(15)19)14-4-5-21-22-14/h2-9H,1H3,(H2,19,20)(H,21,22). The van der Waals surface area contributed by atoms with Crippen LogP contribution in [0.3, 0.4) is 0 Å². The summed E-state index contributed by atoms with van der Waals surface area (Å²) in [7, 11) is 0. The first-order valence-electron chi connectivity index (χ1n) is 6.91. The van der Waals surface area contributed by atoms with Gasteiger partial charge in [-0.1, -0.05) is 11.6 Å². The molecular formula is C16H14ClFN4O. The van der Waals surface area contributed by atoms with Crippen molar-refractivity contribution in [2.45, 2.75) is 13.0 Å². The average molecular weight is 333 g/mol. The van der Waals surface area contributed by atoms with E-state index in [0.717, 1.165) is 11.3 Å². The summed E-state index contributed by atoms with van der Waals surface area (Å²) in [6.07, 6.45) is 2.77. The molecule has 1 unspecified atom stereocenters. The maximum Gasteiger partial charge on any atom is 0.166 e. The fourth-order valence-electron chi connectivity index (χ4n) is 2.19. The molecule has 3 rings (SSSR count). The highest BCUT2D eigenvalue weighted by Gasteiger charge is 2.15. The second-order valence-electron chi connectivity index (χ2n) is 5.00. The van der Waals surface area contributed by atoms with Crippen molar-refractivity contribution in [2.24, 2.45) is 0 Å². The number of rotatable bonds is 4. The largest absolute Gasteiger partial charge is 0.482 e. The monoisotopic (exact) mass is 332 g/mol. The molecule has 0 radical (unpaired) electrons. The molecule has 0 spiro atoms. The number of hydrogen-bond donors (Lipinski definition) is 2. The van der Waals surface area contributed by atoms with Crippen molar-refractivity contribution < 1.29 is 9.13 Å². The van der Waals surface area contributed by atoms with E-state index in [4.69, 9.17) is 22.1 Å². The zero-order valence-electron chi connectivity index (χ0n) is 12.3. The molecule has 3 aromatic rings. The molecule has 0 aliphatic heterocycles. The van der Waals surface area contributed by atoms with Gasteiger partial charge in [-0.05, 0) is 37.3 Å². The number of pyridine rings is 1. The molecule has 0 saturated heterocycles. The Morgan fingerprint density at radius 2 is 2.13 bits per heavy atom. The van der Waals surface area contributed by atoms with Gasteiger partial charge in [0.15, 0.2) is 11.6 Å². The maximum atomic E-state index is 13.4. The number of halogens is 2. The van der Waals surface area contributed by atoms with Gasteiger partial charge in [-0.3, -0.25) is 5.10 Å². The molecule has 0 saturated carbocycles. The van der Waals surface area contributed by atoms with Gasteiger partial charge < -0.3 is 10.5 Å². The van der Waals surface area contributed by atoms with Gasteiger partial charge in [-0.2, -0.15) is 5.10 Å². The van der Waals surface area contributed by atoms with Gasteiger partial charge in [0.1, 0.15) is 11.9 Å². The molecule has 3 N–H and O–H groups in total. The molecule has 1 aromatic carbocycles. The first kappa shape index (κ1) is 15.3. The van der Waals surface area contributed by atoms with Crippen molar-refractivity contribution in [3.63, 3.8) is 0 Å². The molecule has 0 fully saturated rings. The van der Waals surface area contributed by atoms with E-state index in [-0.39, 0.29) is 11.6 Å². The fourth-order valence-corrected chi connectivity index (χ4v) is 2.46. The molecule has 2 heterocycles. The number of nitrogens with two attached hydrogens (primary N) is 1. The summed E-state index contributed by atoms with van der Waals surface area (Å²) in [4.78, 5) is 4.12. The first-order chi connectivity index (χ1) is 11.0. The minimum Gasteiger partial charge on any atom is -0.482 e. The van der Waals surface area contributed by atoms with Crippen LogP contribution in [-0.4, -0.2) is 15.2 Å². The maximum absolute atomic E-state index is 13.4. The third kappa shape index (κ3) is 3.27. The van der Waals surface area contributed by atoms with Crippen LogP contribution in [0.5, 0.6) is 5.75 Å². The summed E-state index contributed by atoms with van der Waals surface area (Å²) < 4.78 is 19.2. The van der Waals surface area contributed by atoms with Crippen LogP contribution in [0.15, 0.2) is 42.7 Å². The van der Waals surface area contributed by atoms with E-state index < -0.39 is 6.10 Å². The Labute approximate surface area is 137 Å². The van der Waals surface area contributed by atoms with Gasteiger partial charge in [-0.25, -0.2) is 9.37 Å². The summed E-state index contributed by atoms with van der Waals surface area (Å²) in [5.74, 6) is 0.259. The number of aromatic amines is 1. The van der Waals surface area contributed by atoms with Crippen molar-refractivity contribution in [2.75, 3.05) is 5.73 Å². The Balaban J connectivity index is 1.90. The molecule has 1 atom stereocenters. The number of H-pyrrole nitrogens is 1. The second-order valence-corrected chi connectivity index (χ2v) is 5.41. The molecule has 118 valence electrons. The van der Waals surface area contributed by atoms with Crippen molar-refractivity contribution in [1.29, 1.82) is 0 Å². The van der Waals surface area contributed by atoms with Gasteiger partial charge in [0.25, 0.3) is 0 Å². The number of aromatic nitrogens is 3. The smallest absolute Gasteiger partial charge is 0.166 e. The van der Waals surface area contributed by atoms with E-state index >= 15 is 0 Å². The number of nitrogens with zero attached hydrogens (tertiary/aromatic N) is 2. The highest BCUT2D eigenvalue weighted by atomic mass is 35.5. The molecular weight excluding hydrogens is 319 g/mol. The zero-order valence-corrected chi connectivity index (χ0v) is 13.0. The van der Waals surface area contributed by atoms with Crippen LogP contribution in [0.2, 0.25) is 5.02 Å². The zero-order chi connectivity index (χ0) is 16.4. The number of nitrogens with one attached hydrogen (secondary N) is 1. The molecule has 2 aromatic heterocycles. The van der Waals surface area contributed by atoms with E-state index in [2.05, 4.69) is 15.2 Å². The van der Waals surface area contributed by atoms with Gasteiger partial charge in [0.2, 0.25) is 0 Å². The van der Waals surface area contributed by atoms with Gasteiger partial charge in [-0.15, -0.1) is 0 Å². The summed E-state index contributed by atoms with van der Waals surface area (Å²) in [5.41, 5.74) is 7.98. The van der Waals surface area contributed by atoms with Crippen LogP contribution in [-0.2, 0) is 0 Å². The minimum absolute atomic E-state index is 0.243. The lowest BCUT2D eigenvalue weighted by Crippen LogP contribution is -2.07. The quantitative estimate of drug-likeness (QED) is 0.757. The molecule has 5 nitrogen and oxygen atoms in total. The second kappa shape index (κ2) is 6.26. The van der Waals surface area contributed by atoms with Crippen molar-refractivity contribution >= 4 is 17.4 Å². The lowest BCUT2D eigenvalue weighted by atomic mass is 10.1. The number of hydrogen-bond acceptors (Lipinski definition) is 4. The van der Waals surface area contributed by atoms with E-state index in [0.29, 0.717) is 16.3 Å². The van der Waals surface area contributed by atoms with Crippen LogP contribution in [0.4, 0.5) is 10.2 Å². The average Bonchev–Trinajstić information content (AvgIpc) is 3.06. The predicted molar refractivity (Wildman–Crippen MR) is 86.7 cm³/mol. The highest BCUT2D eigenvalue weighted by molar-refractivity contribution is 6.31. The van der Waals surface area contributed by atoms with Crippen LogP contribution in [0.25, 0.3) is 11.3 Å². The number of nitrogen functional groups attached to an aromatic ring is 1. The van der Waals surface area contributed by atoms with Crippen LogP contribution < -0.4 is 10.5 Å². The first-order valence-corrected chi connectivity index (χ1v) is 7.29. The lowest BCUT2D eigenvalue weighted by Gasteiger charge is -2.17. The van der Waals surface area contributed by atoms with Crippen LogP contribution in [0.1, 0.15) is 18.6 Å². The number of anilines is 1. The summed E-state index contributed by atoms with van der Waals surface area (Å²) in [6.45, 7) is 1.77. The molecule has 23 heavy (non-hydrogen) atoms. The Kier molecular flexibility index (Phi) is 4.16. The Morgan fingerprint density at radius 1 is 1.30 bits per heavy atom. The van der Waals surface area contributed by atoms with Gasteiger partial charge in [0, 0.05) is 28.5 Å². The third-order valence-electron chi connectivity index (χ3n) is 3.39. The minimum atomic E-state index is -0.487. The summed E-state index contributed by atoms with van der Waals surface area (Å²) in [5, 5.41) is 7.17. The van der Waals surface area contributed by atoms with Crippen molar-refractivity contribution in [3.05, 3.63) is 59.1 Å². The Morgan fingerprint density at radius 3 is 2.87 bits per heavy atom. The lowest BCUT2D eigenvalue weighted by molar-refractivity contribution is 0.227. The number of benzene rings is 1. The van der Waals surface area contributed by atoms with E-state index in [1.807, 2.05) is 6.07 Å². The predicted octanol–water partition coefficient (Wildman–Crippen LogP) is 3.99. The molecule has 0 bridgehead atoms. The Bertz CT molecular complexity index is 823. The topological polar surface area (TPSA) is 76.8 Å². The Hall–Kier alpha value is -2.60. The third-order valence-corrected chi connectivity index (χ3v) is 3.74. The fraction of sp³-hybridized carbons (Fsp3) is 0.125. The van der Waals surface area contributed by atoms with Crippen LogP contribution in [0, 0.1) is 5.82 Å². The number of ether oxygens (including phenoxy) is 1. The SMILES string of the molecule is CC(Oc1cc(-c2ccn[nH]2)cnc1N)c1cc(F)ccc1Cl. The molecule has 0 amide bonds. The summed E-state index contributed by atoms with van der Waals surface area (Å²) in [6, 6.07) is 7.70. The van der Waals surface area contributed by atoms with Gasteiger partial charge >= 0.3 is 0 Å². The summed E-state index contributed by atoms with van der Waals surface area (Å²) >= 11 is 6.10. The molecule has 0 aliphatic rings. The van der Waals surface area contributed by atoms with Crippen LogP contribution >= 0.6 is 11.6 Å². The van der Waals surface area contributed by atoms with Crippen molar-refractivity contribution in [1.82, 2.24) is 15.2 Å². The molecule has 7 heteroatoms. The van der Waals surface area contributed by atoms with E-state index in [1.165, 1.54) is 18.2 Å².